The lowest BCUT2D eigenvalue weighted by atomic mass is 10.0. The molecule has 4 nitrogen and oxygen atoms in total. The number of amides is 1. The molecule has 1 amide bonds. The summed E-state index contributed by atoms with van der Waals surface area (Å²) in [6.45, 7) is 5.59. The van der Waals surface area contributed by atoms with E-state index < -0.39 is 23.5 Å². The summed E-state index contributed by atoms with van der Waals surface area (Å²) in [5.41, 5.74) is 2.95. The summed E-state index contributed by atoms with van der Waals surface area (Å²) in [5, 5.41) is 3.18. The molecule has 0 bridgehead atoms. The van der Waals surface area contributed by atoms with E-state index in [1.165, 1.54) is 29.2 Å². The van der Waals surface area contributed by atoms with E-state index in [1.807, 2.05) is 26.0 Å². The highest BCUT2D eigenvalue weighted by Crippen LogP contribution is 2.40. The Bertz CT molecular complexity index is 1210. The van der Waals surface area contributed by atoms with E-state index in [4.69, 9.17) is 0 Å². The van der Waals surface area contributed by atoms with E-state index in [9.17, 15) is 22.4 Å². The molecule has 0 fully saturated rings. The first-order chi connectivity index (χ1) is 15.6. The van der Waals surface area contributed by atoms with Crippen LogP contribution in [-0.4, -0.2) is 17.5 Å². The van der Waals surface area contributed by atoms with Gasteiger partial charge in [-0.3, -0.25) is 9.69 Å². The van der Waals surface area contributed by atoms with E-state index in [2.05, 4.69) is 5.32 Å². The molecule has 4 rings (SSSR count). The Labute approximate surface area is 189 Å². The van der Waals surface area contributed by atoms with Crippen molar-refractivity contribution < 1.29 is 22.4 Å². The van der Waals surface area contributed by atoms with Crippen molar-refractivity contribution in [2.75, 3.05) is 11.6 Å². The quantitative estimate of drug-likeness (QED) is 0.543. The number of alkyl halides is 3. The number of anilines is 2. The zero-order valence-electron chi connectivity index (χ0n) is 18.4. The third-order valence-corrected chi connectivity index (χ3v) is 5.71. The normalized spacial score (nSPS) is 17.5. The van der Waals surface area contributed by atoms with Gasteiger partial charge < -0.3 is 10.2 Å². The standard InChI is InChI=1S/C25H23F4N3O/c1-4-5-21-15(2)11-19(13-30-21)31-14-32(22-9-7-18(26)10-16(22)3)23-12-17(25(27,28)29)6-8-20(23)24(31)33/h5-13,30H,4,14H2,1-3H3/b21-5+. The lowest BCUT2D eigenvalue weighted by molar-refractivity contribution is -0.137. The Balaban J connectivity index is 1.83. The van der Waals surface area contributed by atoms with Crippen molar-refractivity contribution in [2.24, 2.45) is 0 Å². The van der Waals surface area contributed by atoms with Crippen molar-refractivity contribution in [3.8, 4) is 0 Å². The van der Waals surface area contributed by atoms with Crippen LogP contribution in [0.15, 0.2) is 71.7 Å². The molecule has 0 saturated heterocycles. The number of halogens is 4. The van der Waals surface area contributed by atoms with E-state index in [0.717, 1.165) is 29.8 Å². The number of dihydropyridines is 1. The number of nitrogens with zero attached hydrogens (tertiary/aromatic N) is 2. The van der Waals surface area contributed by atoms with Gasteiger partial charge in [0.25, 0.3) is 5.91 Å². The number of carbonyl (C=O) groups is 1. The molecule has 0 aliphatic carbocycles. The second-order valence-corrected chi connectivity index (χ2v) is 8.03. The third kappa shape index (κ3) is 4.25. The average molecular weight is 457 g/mol. The highest BCUT2D eigenvalue weighted by Gasteiger charge is 2.37. The van der Waals surface area contributed by atoms with E-state index in [0.29, 0.717) is 16.9 Å². The Morgan fingerprint density at radius 2 is 1.82 bits per heavy atom. The fraction of sp³-hybridized carbons (Fsp3) is 0.240. The second kappa shape index (κ2) is 8.42. The fourth-order valence-corrected chi connectivity index (χ4v) is 4.05. The molecular formula is C25H23F4N3O. The first-order valence-corrected chi connectivity index (χ1v) is 10.5. The number of nitrogens with one attached hydrogen (secondary N) is 1. The van der Waals surface area contributed by atoms with Gasteiger partial charge in [-0.05, 0) is 73.9 Å². The van der Waals surface area contributed by atoms with E-state index >= 15 is 0 Å². The molecule has 0 unspecified atom stereocenters. The first-order valence-electron chi connectivity index (χ1n) is 10.5. The zero-order chi connectivity index (χ0) is 23.9. The Morgan fingerprint density at radius 3 is 2.45 bits per heavy atom. The Kier molecular flexibility index (Phi) is 5.78. The average Bonchev–Trinajstić information content (AvgIpc) is 2.75. The minimum Gasteiger partial charge on any atom is -0.360 e. The van der Waals surface area contributed by atoms with Gasteiger partial charge in [0.15, 0.2) is 0 Å². The smallest absolute Gasteiger partial charge is 0.360 e. The molecule has 0 spiro atoms. The van der Waals surface area contributed by atoms with Gasteiger partial charge in [0.05, 0.1) is 22.5 Å². The van der Waals surface area contributed by atoms with Gasteiger partial charge in [-0.1, -0.05) is 13.0 Å². The van der Waals surface area contributed by atoms with Crippen molar-refractivity contribution in [3.63, 3.8) is 0 Å². The number of benzene rings is 2. The van der Waals surface area contributed by atoms with Gasteiger partial charge in [0.2, 0.25) is 0 Å². The molecule has 2 aromatic carbocycles. The van der Waals surface area contributed by atoms with Gasteiger partial charge >= 0.3 is 6.18 Å². The van der Waals surface area contributed by atoms with Crippen LogP contribution in [0.1, 0.15) is 41.8 Å². The van der Waals surface area contributed by atoms with Gasteiger partial charge in [0, 0.05) is 17.6 Å². The summed E-state index contributed by atoms with van der Waals surface area (Å²) < 4.78 is 54.0. The predicted molar refractivity (Wildman–Crippen MR) is 119 cm³/mol. The molecule has 1 N–H and O–H groups in total. The molecule has 2 heterocycles. The number of carbonyl (C=O) groups excluding carboxylic acids is 1. The van der Waals surface area contributed by atoms with Crippen LogP contribution in [0.2, 0.25) is 0 Å². The second-order valence-electron chi connectivity index (χ2n) is 8.03. The molecule has 0 saturated carbocycles. The van der Waals surface area contributed by atoms with E-state index in [-0.39, 0.29) is 17.9 Å². The third-order valence-electron chi connectivity index (χ3n) is 5.71. The van der Waals surface area contributed by atoms with Crippen molar-refractivity contribution in [1.82, 2.24) is 10.2 Å². The molecular weight excluding hydrogens is 434 g/mol. The molecule has 2 aliphatic heterocycles. The minimum absolute atomic E-state index is 0.0241. The summed E-state index contributed by atoms with van der Waals surface area (Å²) in [6, 6.07) is 7.17. The highest BCUT2D eigenvalue weighted by atomic mass is 19.4. The zero-order valence-corrected chi connectivity index (χ0v) is 18.4. The number of hydrogen-bond donors (Lipinski definition) is 1. The lowest BCUT2D eigenvalue weighted by Crippen LogP contribution is -2.45. The monoisotopic (exact) mass is 457 g/mol. The molecule has 2 aliphatic rings. The van der Waals surface area contributed by atoms with Crippen LogP contribution in [0.3, 0.4) is 0 Å². The molecule has 0 radical (unpaired) electrons. The predicted octanol–water partition coefficient (Wildman–Crippen LogP) is 6.39. The maximum Gasteiger partial charge on any atom is 0.416 e. The van der Waals surface area contributed by atoms with Crippen molar-refractivity contribution in [3.05, 3.63) is 94.2 Å². The summed E-state index contributed by atoms with van der Waals surface area (Å²) >= 11 is 0. The van der Waals surface area contributed by atoms with Gasteiger partial charge in [0.1, 0.15) is 12.5 Å². The van der Waals surface area contributed by atoms with Gasteiger partial charge in [-0.2, -0.15) is 13.2 Å². The largest absolute Gasteiger partial charge is 0.416 e. The summed E-state index contributed by atoms with van der Waals surface area (Å²) in [5.74, 6) is -0.854. The summed E-state index contributed by atoms with van der Waals surface area (Å²) in [4.78, 5) is 16.5. The van der Waals surface area contributed by atoms with Crippen LogP contribution in [0, 0.1) is 12.7 Å². The fourth-order valence-electron chi connectivity index (χ4n) is 4.05. The van der Waals surface area contributed by atoms with Crippen LogP contribution >= 0.6 is 0 Å². The SMILES string of the molecule is CC/C=C1/NC=C(N2CN(c3ccc(F)cc3C)c3cc(C(F)(F)F)ccc3C2=O)C=C1C. The number of hydrogen-bond acceptors (Lipinski definition) is 3. The number of aryl methyl sites for hydroxylation is 1. The maximum absolute atomic E-state index is 13.7. The molecule has 33 heavy (non-hydrogen) atoms. The van der Waals surface area contributed by atoms with Gasteiger partial charge in [-0.25, -0.2) is 4.39 Å². The first kappa shape index (κ1) is 22.6. The molecule has 8 heteroatoms. The molecule has 0 aromatic heterocycles. The Morgan fingerprint density at radius 1 is 1.06 bits per heavy atom. The highest BCUT2D eigenvalue weighted by molar-refractivity contribution is 6.04. The topological polar surface area (TPSA) is 35.6 Å². The van der Waals surface area contributed by atoms with E-state index in [1.54, 1.807) is 18.0 Å². The number of fused-ring (bicyclic) bond motifs is 1. The van der Waals surface area contributed by atoms with Crippen LogP contribution in [0.4, 0.5) is 28.9 Å². The number of rotatable bonds is 3. The van der Waals surface area contributed by atoms with Crippen molar-refractivity contribution >= 4 is 17.3 Å². The molecule has 172 valence electrons. The molecule has 0 atom stereocenters. The van der Waals surface area contributed by atoms with Gasteiger partial charge in [-0.15, -0.1) is 0 Å². The lowest BCUT2D eigenvalue weighted by Gasteiger charge is -2.40. The maximum atomic E-state index is 13.7. The van der Waals surface area contributed by atoms with Crippen LogP contribution < -0.4 is 10.2 Å². The van der Waals surface area contributed by atoms with Crippen molar-refractivity contribution in [2.45, 2.75) is 33.4 Å². The molecule has 2 aromatic rings. The summed E-state index contributed by atoms with van der Waals surface area (Å²) in [7, 11) is 0. The van der Waals surface area contributed by atoms with Crippen LogP contribution in [-0.2, 0) is 6.18 Å². The Hall–Kier alpha value is -3.55. The van der Waals surface area contributed by atoms with Crippen molar-refractivity contribution in [1.29, 1.82) is 0 Å². The van der Waals surface area contributed by atoms with Crippen LogP contribution in [0.25, 0.3) is 0 Å². The summed E-state index contributed by atoms with van der Waals surface area (Å²) in [6.07, 6.45) is 1.87. The number of allylic oxidation sites excluding steroid dienone is 3. The minimum atomic E-state index is -4.56. The van der Waals surface area contributed by atoms with Crippen LogP contribution in [0.5, 0.6) is 0 Å².